The van der Waals surface area contributed by atoms with E-state index in [4.69, 9.17) is 4.74 Å². The first-order chi connectivity index (χ1) is 16.0. The number of aromatic nitrogens is 2. The van der Waals surface area contributed by atoms with Crippen LogP contribution in [0.15, 0.2) is 77.6 Å². The largest absolute Gasteiger partial charge is 0.495 e. The van der Waals surface area contributed by atoms with Crippen molar-refractivity contribution < 1.29 is 9.53 Å². The number of H-pyrrole nitrogens is 1. The number of methoxy groups -OCH3 is 1. The number of hydrogen-bond acceptors (Lipinski definition) is 5. The zero-order valence-corrected chi connectivity index (χ0v) is 18.8. The lowest BCUT2D eigenvalue weighted by atomic mass is 10.0. The number of carbonyl (C=O) groups excluding carboxylic acids is 1. The van der Waals surface area contributed by atoms with Crippen molar-refractivity contribution in [3.8, 4) is 5.75 Å². The molecule has 0 aliphatic heterocycles. The Balaban J connectivity index is 1.66. The van der Waals surface area contributed by atoms with Crippen LogP contribution in [0, 0.1) is 6.92 Å². The number of aryl methyl sites for hydroxylation is 1. The number of para-hydroxylation sites is 1. The number of amides is 1. The van der Waals surface area contributed by atoms with Crippen LogP contribution in [0.25, 0.3) is 10.9 Å². The van der Waals surface area contributed by atoms with Crippen LogP contribution in [0.4, 0.5) is 5.69 Å². The number of benzene rings is 3. The maximum absolute atomic E-state index is 13.5. The minimum atomic E-state index is -0.617. The molecular formula is C26H26N4O3. The summed E-state index contributed by atoms with van der Waals surface area (Å²) in [5.41, 5.74) is 2.86. The highest BCUT2D eigenvalue weighted by Crippen LogP contribution is 2.28. The molecule has 33 heavy (non-hydrogen) atoms. The second-order valence-electron chi connectivity index (χ2n) is 7.95. The van der Waals surface area contributed by atoms with Crippen LogP contribution in [0.1, 0.15) is 23.0 Å². The van der Waals surface area contributed by atoms with E-state index in [0.29, 0.717) is 28.2 Å². The fourth-order valence-corrected chi connectivity index (χ4v) is 3.90. The van der Waals surface area contributed by atoms with Gasteiger partial charge in [0.15, 0.2) is 0 Å². The number of carbonyl (C=O) groups is 1. The molecule has 0 aliphatic carbocycles. The molecule has 0 spiro atoms. The zero-order valence-electron chi connectivity index (χ0n) is 18.8. The number of hydrogen-bond donors (Lipinski definition) is 2. The van der Waals surface area contributed by atoms with Crippen molar-refractivity contribution in [3.63, 3.8) is 0 Å². The van der Waals surface area contributed by atoms with Gasteiger partial charge >= 0.3 is 0 Å². The number of nitrogens with one attached hydrogen (secondary N) is 2. The van der Waals surface area contributed by atoms with E-state index in [-0.39, 0.29) is 18.0 Å². The Morgan fingerprint density at radius 3 is 2.58 bits per heavy atom. The Bertz CT molecular complexity index is 1330. The molecule has 1 atom stereocenters. The van der Waals surface area contributed by atoms with E-state index in [2.05, 4.69) is 15.3 Å². The van der Waals surface area contributed by atoms with Gasteiger partial charge in [-0.2, -0.15) is 0 Å². The molecule has 0 saturated carbocycles. The van der Waals surface area contributed by atoms with Crippen LogP contribution in [-0.2, 0) is 11.3 Å². The number of fused-ring (bicyclic) bond motifs is 1. The summed E-state index contributed by atoms with van der Waals surface area (Å²) in [6.45, 7) is 2.23. The molecule has 0 saturated heterocycles. The van der Waals surface area contributed by atoms with Gasteiger partial charge in [-0.3, -0.25) is 14.5 Å². The van der Waals surface area contributed by atoms with Gasteiger partial charge in [0.05, 0.1) is 30.2 Å². The normalized spacial score (nSPS) is 12.0. The number of ether oxygens (including phenoxy) is 1. The topological polar surface area (TPSA) is 87.3 Å². The first kappa shape index (κ1) is 22.2. The molecule has 1 aromatic heterocycles. The van der Waals surface area contributed by atoms with E-state index < -0.39 is 6.04 Å². The lowest BCUT2D eigenvalue weighted by Crippen LogP contribution is -2.35. The van der Waals surface area contributed by atoms with Gasteiger partial charge in [0.2, 0.25) is 5.91 Å². The lowest BCUT2D eigenvalue weighted by Gasteiger charge is -2.27. The van der Waals surface area contributed by atoms with Gasteiger partial charge in [-0.25, -0.2) is 4.98 Å². The number of rotatable bonds is 7. The molecule has 7 nitrogen and oxygen atoms in total. The van der Waals surface area contributed by atoms with Crippen molar-refractivity contribution in [1.29, 1.82) is 0 Å². The van der Waals surface area contributed by atoms with Crippen molar-refractivity contribution >= 4 is 22.5 Å². The van der Waals surface area contributed by atoms with Crippen LogP contribution >= 0.6 is 0 Å². The molecule has 1 heterocycles. The minimum Gasteiger partial charge on any atom is -0.495 e. The highest BCUT2D eigenvalue weighted by Gasteiger charge is 2.27. The summed E-state index contributed by atoms with van der Waals surface area (Å²) in [6, 6.07) is 21.7. The molecule has 168 valence electrons. The third-order valence-corrected chi connectivity index (χ3v) is 5.48. The second-order valence-corrected chi connectivity index (χ2v) is 7.95. The summed E-state index contributed by atoms with van der Waals surface area (Å²) in [6.07, 6.45) is 0. The van der Waals surface area contributed by atoms with Gasteiger partial charge in [0.1, 0.15) is 17.6 Å². The van der Waals surface area contributed by atoms with Crippen LogP contribution in [0.5, 0.6) is 5.75 Å². The van der Waals surface area contributed by atoms with Crippen LogP contribution in [-0.4, -0.2) is 34.9 Å². The molecule has 0 radical (unpaired) electrons. The molecule has 0 unspecified atom stereocenters. The first-order valence-electron chi connectivity index (χ1n) is 10.6. The molecule has 2 N–H and O–H groups in total. The number of anilines is 1. The van der Waals surface area contributed by atoms with Crippen molar-refractivity contribution in [1.82, 2.24) is 14.9 Å². The van der Waals surface area contributed by atoms with E-state index in [1.54, 1.807) is 25.3 Å². The summed E-state index contributed by atoms with van der Waals surface area (Å²) in [7, 11) is 3.41. The fourth-order valence-electron chi connectivity index (χ4n) is 3.90. The summed E-state index contributed by atoms with van der Waals surface area (Å²) in [4.78, 5) is 35.3. The SMILES string of the molecule is COc1ccc(C)cc1NC(=O)[C@@H](c1ccccc1)N(C)Cc1nc2ccccc2c(=O)[nH]1. The van der Waals surface area contributed by atoms with Gasteiger partial charge in [-0.1, -0.05) is 48.5 Å². The van der Waals surface area contributed by atoms with E-state index >= 15 is 0 Å². The molecule has 1 amide bonds. The smallest absolute Gasteiger partial charge is 0.258 e. The van der Waals surface area contributed by atoms with Gasteiger partial charge in [-0.05, 0) is 49.4 Å². The van der Waals surface area contributed by atoms with Crippen molar-refractivity contribution in [2.24, 2.45) is 0 Å². The van der Waals surface area contributed by atoms with E-state index in [9.17, 15) is 9.59 Å². The fraction of sp³-hybridized carbons (Fsp3) is 0.192. The standard InChI is InChI=1S/C26H26N4O3/c1-17-13-14-22(33-3)21(15-17)28-26(32)24(18-9-5-4-6-10-18)30(2)16-23-27-20-12-8-7-11-19(20)25(31)29-23/h4-15,24H,16H2,1-3H3,(H,28,32)(H,27,29,31)/t24-/m1/s1. The number of nitrogens with zero attached hydrogens (tertiary/aromatic N) is 2. The first-order valence-corrected chi connectivity index (χ1v) is 10.6. The molecule has 4 aromatic rings. The third kappa shape index (κ3) is 4.94. The Kier molecular flexibility index (Phi) is 6.51. The Morgan fingerprint density at radius 2 is 1.82 bits per heavy atom. The zero-order chi connectivity index (χ0) is 23.4. The van der Waals surface area contributed by atoms with Crippen molar-refractivity contribution in [2.75, 3.05) is 19.5 Å². The van der Waals surface area contributed by atoms with Crippen molar-refractivity contribution in [2.45, 2.75) is 19.5 Å². The average molecular weight is 443 g/mol. The van der Waals surface area contributed by atoms with Gasteiger partial charge in [-0.15, -0.1) is 0 Å². The van der Waals surface area contributed by atoms with Crippen LogP contribution in [0.3, 0.4) is 0 Å². The molecule has 4 rings (SSSR count). The van der Waals surface area contributed by atoms with E-state index in [0.717, 1.165) is 11.1 Å². The predicted octanol–water partition coefficient (Wildman–Crippen LogP) is 4.05. The second kappa shape index (κ2) is 9.67. The summed E-state index contributed by atoms with van der Waals surface area (Å²) < 4.78 is 5.42. The highest BCUT2D eigenvalue weighted by molar-refractivity contribution is 5.96. The van der Waals surface area contributed by atoms with E-state index in [1.165, 1.54) is 0 Å². The Morgan fingerprint density at radius 1 is 1.09 bits per heavy atom. The van der Waals surface area contributed by atoms with Gasteiger partial charge < -0.3 is 15.0 Å². The lowest BCUT2D eigenvalue weighted by molar-refractivity contribution is -0.121. The van der Waals surface area contributed by atoms with Crippen LogP contribution in [0.2, 0.25) is 0 Å². The molecule has 3 aromatic carbocycles. The van der Waals surface area contributed by atoms with Crippen LogP contribution < -0.4 is 15.6 Å². The van der Waals surface area contributed by atoms with Crippen molar-refractivity contribution in [3.05, 3.63) is 100 Å². The minimum absolute atomic E-state index is 0.200. The monoisotopic (exact) mass is 442 g/mol. The Hall–Kier alpha value is -3.97. The summed E-state index contributed by atoms with van der Waals surface area (Å²) in [5.74, 6) is 0.864. The number of likely N-dealkylation sites (N-methyl/N-ethyl adjacent to an activating group) is 1. The average Bonchev–Trinajstić information content (AvgIpc) is 2.80. The number of aromatic amines is 1. The quantitative estimate of drug-likeness (QED) is 0.451. The molecule has 0 aliphatic rings. The molecule has 7 heteroatoms. The van der Waals surface area contributed by atoms with E-state index in [1.807, 2.05) is 73.5 Å². The maximum Gasteiger partial charge on any atom is 0.258 e. The van der Waals surface area contributed by atoms with Gasteiger partial charge in [0.25, 0.3) is 5.56 Å². The Labute approximate surface area is 192 Å². The summed E-state index contributed by atoms with van der Waals surface area (Å²) >= 11 is 0. The maximum atomic E-state index is 13.5. The third-order valence-electron chi connectivity index (χ3n) is 5.48. The highest BCUT2D eigenvalue weighted by atomic mass is 16.5. The molecule has 0 bridgehead atoms. The molecule has 0 fully saturated rings. The predicted molar refractivity (Wildman–Crippen MR) is 129 cm³/mol. The summed E-state index contributed by atoms with van der Waals surface area (Å²) in [5, 5.41) is 3.55. The molecular weight excluding hydrogens is 416 g/mol. The van der Waals surface area contributed by atoms with Gasteiger partial charge in [0, 0.05) is 0 Å².